The van der Waals surface area contributed by atoms with Crippen LogP contribution in [0.3, 0.4) is 0 Å². The number of aromatic hydroxyl groups is 1. The normalized spacial score (nSPS) is 27.6. The molecular formula is C27H34FN3O8. The van der Waals surface area contributed by atoms with Crippen LogP contribution in [0.1, 0.15) is 37.0 Å². The molecule has 3 aliphatic rings. The number of phenolic OH excluding ortho intramolecular Hbond substituents is 1. The molecule has 5 atom stereocenters. The van der Waals surface area contributed by atoms with Gasteiger partial charge in [0.1, 0.15) is 28.7 Å². The van der Waals surface area contributed by atoms with Crippen LogP contribution in [0, 0.1) is 23.6 Å². The van der Waals surface area contributed by atoms with Gasteiger partial charge in [-0.3, -0.25) is 19.3 Å². The summed E-state index contributed by atoms with van der Waals surface area (Å²) in [5.41, 5.74) is 1.05. The maximum absolute atomic E-state index is 15.8. The van der Waals surface area contributed by atoms with Gasteiger partial charge in [0.25, 0.3) is 5.91 Å². The predicted octanol–water partition coefficient (Wildman–Crippen LogP) is 0.210. The minimum Gasteiger partial charge on any atom is -0.508 e. The molecule has 0 spiro atoms. The van der Waals surface area contributed by atoms with Crippen molar-refractivity contribution in [2.45, 2.75) is 50.9 Å². The molecule has 0 aromatic heterocycles. The van der Waals surface area contributed by atoms with Crippen LogP contribution in [0.25, 0.3) is 5.76 Å². The number of hydrogen-bond acceptors (Lipinski definition) is 10. The first-order chi connectivity index (χ1) is 18.2. The van der Waals surface area contributed by atoms with Gasteiger partial charge in [0.15, 0.2) is 11.4 Å². The summed E-state index contributed by atoms with van der Waals surface area (Å²) in [5, 5.41) is 57.0. The van der Waals surface area contributed by atoms with Gasteiger partial charge in [0.2, 0.25) is 5.78 Å². The molecule has 0 unspecified atom stereocenters. The largest absolute Gasteiger partial charge is 0.508 e. The number of halogens is 1. The molecule has 0 heterocycles. The van der Waals surface area contributed by atoms with E-state index in [1.54, 1.807) is 0 Å². The molecule has 11 nitrogen and oxygen atoms in total. The first-order valence-corrected chi connectivity index (χ1v) is 12.7. The van der Waals surface area contributed by atoms with E-state index in [2.05, 4.69) is 5.32 Å². The number of Topliss-reactive ketones (excluding diaryl/α,β-unsaturated/α-hetero) is 2. The lowest BCUT2D eigenvalue weighted by Gasteiger charge is -2.50. The molecule has 0 aliphatic heterocycles. The van der Waals surface area contributed by atoms with Gasteiger partial charge in [-0.1, -0.05) is 13.8 Å². The van der Waals surface area contributed by atoms with Crippen molar-refractivity contribution in [1.29, 1.82) is 0 Å². The number of aliphatic hydroxyl groups is 4. The van der Waals surface area contributed by atoms with Crippen molar-refractivity contribution in [1.82, 2.24) is 10.2 Å². The van der Waals surface area contributed by atoms with E-state index in [9.17, 15) is 39.9 Å². The molecule has 39 heavy (non-hydrogen) atoms. The van der Waals surface area contributed by atoms with E-state index in [4.69, 9.17) is 5.73 Å². The van der Waals surface area contributed by atoms with Crippen molar-refractivity contribution in [3.63, 3.8) is 0 Å². The van der Waals surface area contributed by atoms with Crippen molar-refractivity contribution in [3.8, 4) is 5.75 Å². The Balaban J connectivity index is 1.85. The molecule has 1 fully saturated rings. The number of rotatable bonds is 7. The van der Waals surface area contributed by atoms with Gasteiger partial charge in [-0.15, -0.1) is 0 Å². The fourth-order valence-electron chi connectivity index (χ4n) is 6.23. The Kier molecular flexibility index (Phi) is 7.36. The summed E-state index contributed by atoms with van der Waals surface area (Å²) >= 11 is 0. The maximum atomic E-state index is 15.8. The summed E-state index contributed by atoms with van der Waals surface area (Å²) < 4.78 is 15.8. The van der Waals surface area contributed by atoms with Gasteiger partial charge in [-0.2, -0.15) is 0 Å². The molecule has 0 saturated heterocycles. The Labute approximate surface area is 224 Å². The van der Waals surface area contributed by atoms with Crippen molar-refractivity contribution < 1.29 is 44.3 Å². The van der Waals surface area contributed by atoms with Crippen molar-refractivity contribution >= 4 is 23.2 Å². The van der Waals surface area contributed by atoms with Gasteiger partial charge in [0.05, 0.1) is 18.2 Å². The Morgan fingerprint density at radius 1 is 1.26 bits per heavy atom. The standard InChI is InChI=1S/C27H34FN3O8/c1-10(2)15(9-32)30-8-12-7-16(33)18-13(20(12)28)5-11-6-14-21(31(3)4)23(35)19(26(29)38)25(37)27(14,39)24(36)17(11)22(18)34/h7,10-11,14-15,21,30,32-34,37,39H,5-6,8-9H2,1-4H3,(H2,29,38)/t11-,14-,15+,21-,27-/m0/s1. The van der Waals surface area contributed by atoms with Crippen LogP contribution in [0.4, 0.5) is 4.39 Å². The Hall–Kier alpha value is -3.32. The average molecular weight is 548 g/mol. The van der Waals surface area contributed by atoms with Crippen LogP contribution in [0.2, 0.25) is 0 Å². The van der Waals surface area contributed by atoms with Gasteiger partial charge < -0.3 is 36.6 Å². The number of aliphatic hydroxyl groups excluding tert-OH is 3. The van der Waals surface area contributed by atoms with Gasteiger partial charge in [-0.25, -0.2) is 4.39 Å². The summed E-state index contributed by atoms with van der Waals surface area (Å²) in [6, 6.07) is -0.432. The number of carbonyl (C=O) groups is 3. The highest BCUT2D eigenvalue weighted by Gasteiger charge is 2.64. The fraction of sp³-hybridized carbons (Fsp3) is 0.519. The Bertz CT molecular complexity index is 1320. The third-order valence-corrected chi connectivity index (χ3v) is 8.29. The number of ketones is 2. The second-order valence-corrected chi connectivity index (χ2v) is 11.1. The van der Waals surface area contributed by atoms with E-state index in [0.717, 1.165) is 6.07 Å². The smallest absolute Gasteiger partial charge is 0.255 e. The molecule has 0 radical (unpaired) electrons. The van der Waals surface area contributed by atoms with Crippen LogP contribution < -0.4 is 11.1 Å². The second-order valence-electron chi connectivity index (χ2n) is 11.1. The number of benzene rings is 1. The molecule has 12 heteroatoms. The topological polar surface area (TPSA) is 194 Å². The molecule has 1 amide bonds. The third-order valence-electron chi connectivity index (χ3n) is 8.29. The van der Waals surface area contributed by atoms with Gasteiger partial charge in [0, 0.05) is 35.2 Å². The Morgan fingerprint density at radius 2 is 1.90 bits per heavy atom. The summed E-state index contributed by atoms with van der Waals surface area (Å²) in [7, 11) is 3.00. The predicted molar refractivity (Wildman–Crippen MR) is 137 cm³/mol. The summed E-state index contributed by atoms with van der Waals surface area (Å²) in [6.45, 7) is 3.57. The zero-order valence-electron chi connectivity index (χ0n) is 22.2. The number of carbonyl (C=O) groups excluding carboxylic acids is 3. The second kappa shape index (κ2) is 10.0. The quantitative estimate of drug-likeness (QED) is 0.232. The highest BCUT2D eigenvalue weighted by molar-refractivity contribution is 6.24. The fourth-order valence-corrected chi connectivity index (χ4v) is 6.23. The van der Waals surface area contributed by atoms with E-state index >= 15 is 4.39 Å². The first kappa shape index (κ1) is 28.7. The number of fused-ring (bicyclic) bond motifs is 3. The van der Waals surface area contributed by atoms with E-state index in [-0.39, 0.29) is 60.2 Å². The number of primary amides is 1. The molecule has 8 N–H and O–H groups in total. The van der Waals surface area contributed by atoms with E-state index in [1.165, 1.54) is 19.0 Å². The molecule has 1 aromatic rings. The van der Waals surface area contributed by atoms with Gasteiger partial charge >= 0.3 is 0 Å². The lowest BCUT2D eigenvalue weighted by molar-refractivity contribution is -0.153. The molecule has 1 aromatic carbocycles. The van der Waals surface area contributed by atoms with Crippen LogP contribution in [-0.2, 0) is 27.3 Å². The zero-order chi connectivity index (χ0) is 29.1. The van der Waals surface area contributed by atoms with Crippen LogP contribution in [0.15, 0.2) is 23.0 Å². The number of hydrogen-bond donors (Lipinski definition) is 7. The minimum absolute atomic E-state index is 0.0227. The van der Waals surface area contributed by atoms with E-state index < -0.39 is 69.6 Å². The SMILES string of the molecule is CC(C)[C@@H](CO)NCc1cc(O)c2c(c1F)C[C@H]1C[C@H]3[C@H](N(C)C)C(=O)C(C(N)=O)=C(O)[C@@]3(O)C(=O)C1=C2O. The summed E-state index contributed by atoms with van der Waals surface area (Å²) in [6.07, 6.45) is -0.274. The van der Waals surface area contributed by atoms with Crippen molar-refractivity contribution in [3.05, 3.63) is 45.5 Å². The number of phenols is 1. The monoisotopic (exact) mass is 547 g/mol. The number of nitrogens with two attached hydrogens (primary N) is 1. The summed E-state index contributed by atoms with van der Waals surface area (Å²) in [4.78, 5) is 40.3. The van der Waals surface area contributed by atoms with Crippen LogP contribution in [0.5, 0.6) is 5.75 Å². The number of nitrogens with one attached hydrogen (secondary N) is 1. The first-order valence-electron chi connectivity index (χ1n) is 12.7. The maximum Gasteiger partial charge on any atom is 0.255 e. The zero-order valence-corrected chi connectivity index (χ0v) is 22.2. The molecule has 212 valence electrons. The number of nitrogens with zero attached hydrogens (tertiary/aromatic N) is 1. The lowest BCUT2D eigenvalue weighted by atomic mass is 9.57. The number of amides is 1. The Morgan fingerprint density at radius 3 is 2.44 bits per heavy atom. The molecule has 4 rings (SSSR count). The molecular weight excluding hydrogens is 513 g/mol. The highest BCUT2D eigenvalue weighted by atomic mass is 19.1. The number of likely N-dealkylation sites (N-methyl/N-ethyl adjacent to an activating group) is 1. The third kappa shape index (κ3) is 4.22. The van der Waals surface area contributed by atoms with Crippen LogP contribution in [-0.4, -0.2) is 86.3 Å². The van der Waals surface area contributed by atoms with Gasteiger partial charge in [-0.05, 0) is 44.8 Å². The van der Waals surface area contributed by atoms with Crippen molar-refractivity contribution in [2.75, 3.05) is 20.7 Å². The van der Waals surface area contributed by atoms with Crippen LogP contribution >= 0.6 is 0 Å². The lowest BCUT2D eigenvalue weighted by Crippen LogP contribution is -2.65. The molecule has 3 aliphatic carbocycles. The molecule has 1 saturated carbocycles. The van der Waals surface area contributed by atoms with E-state index in [0.29, 0.717) is 0 Å². The molecule has 0 bridgehead atoms. The summed E-state index contributed by atoms with van der Waals surface area (Å²) in [5.74, 6) is -8.54. The minimum atomic E-state index is -2.75. The van der Waals surface area contributed by atoms with Crippen molar-refractivity contribution in [2.24, 2.45) is 23.5 Å². The highest BCUT2D eigenvalue weighted by Crippen LogP contribution is 2.53. The average Bonchev–Trinajstić information content (AvgIpc) is 2.83. The van der Waals surface area contributed by atoms with E-state index in [1.807, 2.05) is 13.8 Å².